The maximum Gasteiger partial charge on any atom is 0.0363 e. The van der Waals surface area contributed by atoms with Crippen molar-refractivity contribution in [3.8, 4) is 0 Å². The summed E-state index contributed by atoms with van der Waals surface area (Å²) in [7, 11) is 4.16. The number of benzene rings is 1. The van der Waals surface area contributed by atoms with Gasteiger partial charge in [0.05, 0.1) is 0 Å². The number of nitrogens with one attached hydrogen (secondary N) is 1. The third-order valence-electron chi connectivity index (χ3n) is 2.87. The first-order valence-electron chi connectivity index (χ1n) is 5.58. The summed E-state index contributed by atoms with van der Waals surface area (Å²) >= 11 is 0. The highest BCUT2D eigenvalue weighted by molar-refractivity contribution is 5.46. The Morgan fingerprint density at radius 3 is 2.40 bits per heavy atom. The Labute approximate surface area is 93.3 Å². The van der Waals surface area contributed by atoms with Crippen LogP contribution in [0.2, 0.25) is 0 Å². The maximum atomic E-state index is 3.25. The fraction of sp³-hybridized carbons (Fsp3) is 0.538. The fourth-order valence-corrected chi connectivity index (χ4v) is 1.46. The van der Waals surface area contributed by atoms with Crippen LogP contribution in [0.4, 0.5) is 5.69 Å². The molecule has 0 bridgehead atoms. The van der Waals surface area contributed by atoms with E-state index in [0.29, 0.717) is 6.04 Å². The van der Waals surface area contributed by atoms with Crippen molar-refractivity contribution in [2.24, 2.45) is 0 Å². The monoisotopic (exact) mass is 206 g/mol. The average Bonchev–Trinajstić information content (AvgIpc) is 2.26. The van der Waals surface area contributed by atoms with Crippen LogP contribution in [0, 0.1) is 6.92 Å². The third kappa shape index (κ3) is 3.92. The van der Waals surface area contributed by atoms with Crippen LogP contribution in [0.15, 0.2) is 24.3 Å². The van der Waals surface area contributed by atoms with Gasteiger partial charge in [-0.05, 0) is 39.4 Å². The molecule has 0 saturated heterocycles. The van der Waals surface area contributed by atoms with Crippen molar-refractivity contribution in [3.05, 3.63) is 29.8 Å². The molecule has 0 radical (unpaired) electrons. The Bertz CT molecular complexity index is 279. The van der Waals surface area contributed by atoms with Gasteiger partial charge in [-0.1, -0.05) is 17.7 Å². The number of hydrogen-bond acceptors (Lipinski definition) is 2. The molecule has 0 aliphatic carbocycles. The van der Waals surface area contributed by atoms with Crippen molar-refractivity contribution in [3.63, 3.8) is 0 Å². The number of anilines is 1. The molecule has 1 aromatic rings. The van der Waals surface area contributed by atoms with Gasteiger partial charge in [0.2, 0.25) is 0 Å². The first-order valence-corrected chi connectivity index (χ1v) is 5.58. The highest BCUT2D eigenvalue weighted by Crippen LogP contribution is 2.13. The normalized spacial score (nSPS) is 12.5. The van der Waals surface area contributed by atoms with Crippen molar-refractivity contribution >= 4 is 5.69 Å². The van der Waals surface area contributed by atoms with E-state index >= 15 is 0 Å². The Hall–Kier alpha value is -1.02. The van der Waals surface area contributed by atoms with Crippen molar-refractivity contribution in [1.82, 2.24) is 5.32 Å². The molecule has 2 nitrogen and oxygen atoms in total. The van der Waals surface area contributed by atoms with Crippen molar-refractivity contribution in [1.29, 1.82) is 0 Å². The van der Waals surface area contributed by atoms with Crippen LogP contribution >= 0.6 is 0 Å². The van der Waals surface area contributed by atoms with E-state index in [1.165, 1.54) is 17.7 Å². The van der Waals surface area contributed by atoms with Crippen molar-refractivity contribution < 1.29 is 0 Å². The Morgan fingerprint density at radius 2 is 1.87 bits per heavy atom. The fourth-order valence-electron chi connectivity index (χ4n) is 1.46. The lowest BCUT2D eigenvalue weighted by Crippen LogP contribution is -2.28. The Kier molecular flexibility index (Phi) is 4.63. The van der Waals surface area contributed by atoms with Crippen LogP contribution in [0.3, 0.4) is 0 Å². The lowest BCUT2D eigenvalue weighted by molar-refractivity contribution is 0.565. The number of rotatable bonds is 5. The molecule has 0 aliphatic heterocycles. The summed E-state index contributed by atoms with van der Waals surface area (Å²) in [5.74, 6) is 0. The van der Waals surface area contributed by atoms with Crippen LogP contribution in [-0.4, -0.2) is 26.7 Å². The second-order valence-electron chi connectivity index (χ2n) is 4.24. The van der Waals surface area contributed by atoms with Gasteiger partial charge in [0.25, 0.3) is 0 Å². The molecule has 1 rings (SSSR count). The second kappa shape index (κ2) is 5.76. The second-order valence-corrected chi connectivity index (χ2v) is 4.24. The van der Waals surface area contributed by atoms with E-state index in [1.807, 2.05) is 7.05 Å². The third-order valence-corrected chi connectivity index (χ3v) is 2.87. The summed E-state index contributed by atoms with van der Waals surface area (Å²) in [5, 5.41) is 3.25. The van der Waals surface area contributed by atoms with Crippen LogP contribution < -0.4 is 10.2 Å². The molecule has 0 aromatic heterocycles. The standard InChI is InChI=1S/C13H22N2/c1-11-5-7-13(8-6-11)15(4)10-9-12(2)14-3/h5-8,12,14H,9-10H2,1-4H3. The van der Waals surface area contributed by atoms with E-state index in [0.717, 1.165) is 6.54 Å². The molecule has 84 valence electrons. The van der Waals surface area contributed by atoms with E-state index in [1.54, 1.807) is 0 Å². The molecular weight excluding hydrogens is 184 g/mol. The first-order chi connectivity index (χ1) is 7.13. The van der Waals surface area contributed by atoms with Crippen LogP contribution in [0.25, 0.3) is 0 Å². The number of aryl methyl sites for hydroxylation is 1. The maximum absolute atomic E-state index is 3.25. The summed E-state index contributed by atoms with van der Waals surface area (Å²) in [4.78, 5) is 2.30. The van der Waals surface area contributed by atoms with Gasteiger partial charge in [-0.3, -0.25) is 0 Å². The van der Waals surface area contributed by atoms with Gasteiger partial charge in [0, 0.05) is 25.3 Å². The van der Waals surface area contributed by atoms with E-state index < -0.39 is 0 Å². The zero-order valence-electron chi connectivity index (χ0n) is 10.2. The molecule has 1 N–H and O–H groups in total. The summed E-state index contributed by atoms with van der Waals surface area (Å²) < 4.78 is 0. The van der Waals surface area contributed by atoms with Crippen LogP contribution in [0.1, 0.15) is 18.9 Å². The molecule has 0 heterocycles. The number of nitrogens with zero attached hydrogens (tertiary/aromatic N) is 1. The predicted molar refractivity (Wildman–Crippen MR) is 67.6 cm³/mol. The SMILES string of the molecule is CNC(C)CCN(C)c1ccc(C)cc1. The summed E-state index contributed by atoms with van der Waals surface area (Å²) in [6.07, 6.45) is 1.17. The Balaban J connectivity index is 2.46. The van der Waals surface area contributed by atoms with Gasteiger partial charge in [-0.2, -0.15) is 0 Å². The lowest BCUT2D eigenvalue weighted by atomic mass is 10.2. The van der Waals surface area contributed by atoms with E-state index in [4.69, 9.17) is 0 Å². The van der Waals surface area contributed by atoms with Crippen LogP contribution in [-0.2, 0) is 0 Å². The lowest BCUT2D eigenvalue weighted by Gasteiger charge is -2.21. The molecule has 0 saturated carbocycles. The summed E-state index contributed by atoms with van der Waals surface area (Å²) in [5.41, 5.74) is 2.61. The highest BCUT2D eigenvalue weighted by Gasteiger charge is 2.03. The highest BCUT2D eigenvalue weighted by atomic mass is 15.1. The topological polar surface area (TPSA) is 15.3 Å². The zero-order chi connectivity index (χ0) is 11.3. The average molecular weight is 206 g/mol. The van der Waals surface area contributed by atoms with Gasteiger partial charge in [0.1, 0.15) is 0 Å². The molecular formula is C13H22N2. The quantitative estimate of drug-likeness (QED) is 0.796. The van der Waals surface area contributed by atoms with E-state index in [9.17, 15) is 0 Å². The van der Waals surface area contributed by atoms with Crippen molar-refractivity contribution in [2.45, 2.75) is 26.3 Å². The molecule has 0 aliphatic rings. The molecule has 0 fully saturated rings. The van der Waals surface area contributed by atoms with Gasteiger partial charge in [0.15, 0.2) is 0 Å². The Morgan fingerprint density at radius 1 is 1.27 bits per heavy atom. The number of hydrogen-bond donors (Lipinski definition) is 1. The van der Waals surface area contributed by atoms with E-state index in [2.05, 4.69) is 55.4 Å². The molecule has 0 spiro atoms. The molecule has 1 unspecified atom stereocenters. The minimum Gasteiger partial charge on any atom is -0.375 e. The summed E-state index contributed by atoms with van der Waals surface area (Å²) in [6, 6.07) is 9.26. The molecule has 1 aromatic carbocycles. The smallest absolute Gasteiger partial charge is 0.0363 e. The largest absolute Gasteiger partial charge is 0.375 e. The minimum atomic E-state index is 0.581. The first kappa shape index (κ1) is 12.1. The molecule has 2 heteroatoms. The minimum absolute atomic E-state index is 0.581. The van der Waals surface area contributed by atoms with Gasteiger partial charge < -0.3 is 10.2 Å². The molecule has 15 heavy (non-hydrogen) atoms. The van der Waals surface area contributed by atoms with E-state index in [-0.39, 0.29) is 0 Å². The van der Waals surface area contributed by atoms with Gasteiger partial charge in [-0.15, -0.1) is 0 Å². The zero-order valence-corrected chi connectivity index (χ0v) is 10.2. The summed E-state index contributed by atoms with van der Waals surface area (Å²) in [6.45, 7) is 5.42. The van der Waals surface area contributed by atoms with Gasteiger partial charge >= 0.3 is 0 Å². The molecule has 0 amide bonds. The van der Waals surface area contributed by atoms with Crippen molar-refractivity contribution in [2.75, 3.05) is 25.5 Å². The van der Waals surface area contributed by atoms with Crippen LogP contribution in [0.5, 0.6) is 0 Å². The predicted octanol–water partition coefficient (Wildman–Crippen LogP) is 2.43. The van der Waals surface area contributed by atoms with Gasteiger partial charge in [-0.25, -0.2) is 0 Å². The molecule has 1 atom stereocenters.